The number of benzene rings is 1. The van der Waals surface area contributed by atoms with Crippen molar-refractivity contribution >= 4 is 11.7 Å². The molecule has 1 saturated carbocycles. The van der Waals surface area contributed by atoms with Gasteiger partial charge >= 0.3 is 5.97 Å². The van der Waals surface area contributed by atoms with Crippen LogP contribution in [0.4, 0.5) is 5.69 Å². The van der Waals surface area contributed by atoms with Crippen LogP contribution in [-0.2, 0) is 6.42 Å². The molecular weight excluding hydrogens is 382 g/mol. The van der Waals surface area contributed by atoms with Gasteiger partial charge in [-0.05, 0) is 37.0 Å². The summed E-state index contributed by atoms with van der Waals surface area (Å²) in [6, 6.07) is 7.66. The summed E-state index contributed by atoms with van der Waals surface area (Å²) in [7, 11) is 0. The first-order valence-corrected chi connectivity index (χ1v) is 10.4. The predicted molar refractivity (Wildman–Crippen MR) is 114 cm³/mol. The van der Waals surface area contributed by atoms with Gasteiger partial charge in [0.1, 0.15) is 5.75 Å². The number of aromatic amines is 1. The standard InChI is InChI=1S/C23H25N3O4/c1-3-17-19(25-21(28)18(20(17)27)22(29)30)14-7-9-16(10-8-14)26-12-15-6-4-5-11-23(15,13-26)24-2/h7-10,15H,3-6,11-13H2,1H3,(H,29,30)(H2,25,27,28)/t15-,23-/m0/s1. The van der Waals surface area contributed by atoms with Gasteiger partial charge in [0.25, 0.3) is 11.1 Å². The molecular formula is C23H25N3O4. The Kier molecular flexibility index (Phi) is 5.02. The van der Waals surface area contributed by atoms with Crippen LogP contribution in [0.2, 0.25) is 0 Å². The third kappa shape index (κ3) is 3.13. The van der Waals surface area contributed by atoms with Crippen molar-refractivity contribution in [2.45, 2.75) is 44.6 Å². The molecule has 2 fully saturated rings. The van der Waals surface area contributed by atoms with Crippen LogP contribution in [-0.4, -0.2) is 39.8 Å². The van der Waals surface area contributed by atoms with Crippen molar-refractivity contribution < 1.29 is 15.0 Å². The fourth-order valence-electron chi connectivity index (χ4n) is 5.06. The van der Waals surface area contributed by atoms with Gasteiger partial charge in [-0.2, -0.15) is 0 Å². The third-order valence-electron chi connectivity index (χ3n) is 6.68. The number of carbonyl (C=O) groups is 1. The molecule has 0 radical (unpaired) electrons. The SMILES string of the molecule is [C-]#[N+][C@]12CCCC[C@H]1CN(c1ccc(-c3[nH]c(=O)c(C(=O)O)c(O)c3CC)cc1)C2. The zero-order valence-corrected chi connectivity index (χ0v) is 16.9. The zero-order valence-electron chi connectivity index (χ0n) is 16.9. The number of anilines is 1. The van der Waals surface area contributed by atoms with Gasteiger partial charge < -0.3 is 24.9 Å². The fraction of sp³-hybridized carbons (Fsp3) is 0.435. The molecule has 2 heterocycles. The number of hydrogen-bond acceptors (Lipinski definition) is 4. The molecule has 1 aliphatic carbocycles. The van der Waals surface area contributed by atoms with E-state index < -0.39 is 22.8 Å². The Morgan fingerprint density at radius 1 is 1.33 bits per heavy atom. The Hall–Kier alpha value is -3.27. The largest absolute Gasteiger partial charge is 0.506 e. The number of fused-ring (bicyclic) bond motifs is 1. The molecule has 1 saturated heterocycles. The lowest BCUT2D eigenvalue weighted by molar-refractivity contribution is 0.0691. The number of H-pyrrole nitrogens is 1. The van der Waals surface area contributed by atoms with E-state index in [0.717, 1.165) is 38.0 Å². The molecule has 7 nitrogen and oxygen atoms in total. The van der Waals surface area contributed by atoms with E-state index in [1.807, 2.05) is 24.3 Å². The molecule has 2 aromatic rings. The van der Waals surface area contributed by atoms with Crippen LogP contribution in [0.1, 0.15) is 48.5 Å². The average Bonchev–Trinajstić information content (AvgIpc) is 3.13. The maximum Gasteiger partial charge on any atom is 0.345 e. The molecule has 0 bridgehead atoms. The van der Waals surface area contributed by atoms with Gasteiger partial charge in [0.15, 0.2) is 5.56 Å². The Labute approximate surface area is 174 Å². The van der Waals surface area contributed by atoms with Crippen LogP contribution >= 0.6 is 0 Å². The van der Waals surface area contributed by atoms with Crippen LogP contribution in [0.25, 0.3) is 16.1 Å². The predicted octanol–water partition coefficient (Wildman–Crippen LogP) is 3.68. The maximum absolute atomic E-state index is 12.2. The van der Waals surface area contributed by atoms with E-state index in [1.165, 1.54) is 6.42 Å². The minimum atomic E-state index is -1.45. The molecule has 1 aromatic carbocycles. The molecule has 2 aliphatic rings. The molecule has 0 spiro atoms. The van der Waals surface area contributed by atoms with E-state index in [9.17, 15) is 19.8 Å². The van der Waals surface area contributed by atoms with Gasteiger partial charge in [-0.1, -0.05) is 25.5 Å². The molecule has 0 unspecified atom stereocenters. The first kappa shape index (κ1) is 20.0. The topological polar surface area (TPSA) is 98.0 Å². The molecule has 4 rings (SSSR count). The van der Waals surface area contributed by atoms with E-state index in [0.29, 0.717) is 29.2 Å². The number of nitrogens with one attached hydrogen (secondary N) is 1. The molecule has 7 heteroatoms. The maximum atomic E-state index is 12.2. The monoisotopic (exact) mass is 407 g/mol. The Bertz CT molecular complexity index is 1080. The summed E-state index contributed by atoms with van der Waals surface area (Å²) in [5.74, 6) is -1.52. The smallest absolute Gasteiger partial charge is 0.345 e. The second kappa shape index (κ2) is 7.52. The number of aromatic nitrogens is 1. The van der Waals surface area contributed by atoms with E-state index in [2.05, 4.69) is 14.7 Å². The van der Waals surface area contributed by atoms with Crippen LogP contribution in [0, 0.1) is 12.5 Å². The Morgan fingerprint density at radius 3 is 2.67 bits per heavy atom. The number of aromatic hydroxyl groups is 1. The highest BCUT2D eigenvalue weighted by Crippen LogP contribution is 2.44. The number of rotatable bonds is 4. The molecule has 30 heavy (non-hydrogen) atoms. The number of pyridine rings is 1. The molecule has 1 aromatic heterocycles. The van der Waals surface area contributed by atoms with Crippen molar-refractivity contribution in [2.24, 2.45) is 5.92 Å². The van der Waals surface area contributed by atoms with Gasteiger partial charge in [0, 0.05) is 24.2 Å². The van der Waals surface area contributed by atoms with Crippen molar-refractivity contribution in [3.63, 3.8) is 0 Å². The molecule has 1 aliphatic heterocycles. The lowest BCUT2D eigenvalue weighted by Crippen LogP contribution is -2.37. The zero-order chi connectivity index (χ0) is 21.5. The number of hydrogen-bond donors (Lipinski definition) is 3. The van der Waals surface area contributed by atoms with Crippen LogP contribution in [0.3, 0.4) is 0 Å². The lowest BCUT2D eigenvalue weighted by atomic mass is 9.76. The van der Waals surface area contributed by atoms with Gasteiger partial charge in [-0.15, -0.1) is 0 Å². The van der Waals surface area contributed by atoms with Crippen LogP contribution in [0.5, 0.6) is 5.75 Å². The van der Waals surface area contributed by atoms with Crippen molar-refractivity contribution in [3.05, 3.63) is 57.2 Å². The minimum Gasteiger partial charge on any atom is -0.506 e. The average molecular weight is 407 g/mol. The fourth-order valence-corrected chi connectivity index (χ4v) is 5.06. The summed E-state index contributed by atoms with van der Waals surface area (Å²) >= 11 is 0. The van der Waals surface area contributed by atoms with E-state index >= 15 is 0 Å². The van der Waals surface area contributed by atoms with Gasteiger partial charge in [0.05, 0.1) is 18.2 Å². The van der Waals surface area contributed by atoms with Gasteiger partial charge in [-0.3, -0.25) is 4.79 Å². The Morgan fingerprint density at radius 2 is 2.07 bits per heavy atom. The van der Waals surface area contributed by atoms with Crippen molar-refractivity contribution in [1.29, 1.82) is 0 Å². The highest BCUT2D eigenvalue weighted by Gasteiger charge is 2.53. The number of carboxylic acid groups (broad SMARTS) is 1. The first-order valence-electron chi connectivity index (χ1n) is 10.4. The second-order valence-electron chi connectivity index (χ2n) is 8.28. The summed E-state index contributed by atoms with van der Waals surface area (Å²) in [5.41, 5.74) is 0.855. The lowest BCUT2D eigenvalue weighted by Gasteiger charge is -2.26. The van der Waals surface area contributed by atoms with Crippen molar-refractivity contribution in [3.8, 4) is 17.0 Å². The highest BCUT2D eigenvalue weighted by molar-refractivity contribution is 5.92. The van der Waals surface area contributed by atoms with Gasteiger partial charge in [-0.25, -0.2) is 11.4 Å². The van der Waals surface area contributed by atoms with Crippen molar-refractivity contribution in [1.82, 2.24) is 4.98 Å². The second-order valence-corrected chi connectivity index (χ2v) is 8.28. The summed E-state index contributed by atoms with van der Waals surface area (Å²) in [4.78, 5) is 32.4. The summed E-state index contributed by atoms with van der Waals surface area (Å²) in [5, 5.41) is 19.6. The van der Waals surface area contributed by atoms with Crippen LogP contribution in [0.15, 0.2) is 29.1 Å². The normalized spacial score (nSPS) is 23.1. The van der Waals surface area contributed by atoms with Crippen molar-refractivity contribution in [2.75, 3.05) is 18.0 Å². The number of nitrogens with zero attached hydrogens (tertiary/aromatic N) is 2. The number of carboxylic acids is 1. The third-order valence-corrected chi connectivity index (χ3v) is 6.68. The number of aromatic carboxylic acids is 1. The summed E-state index contributed by atoms with van der Waals surface area (Å²) < 4.78 is 0. The van der Waals surface area contributed by atoms with E-state index in [1.54, 1.807) is 6.92 Å². The van der Waals surface area contributed by atoms with Crippen LogP contribution < -0.4 is 10.5 Å². The first-order chi connectivity index (χ1) is 14.4. The van der Waals surface area contributed by atoms with E-state index in [-0.39, 0.29) is 5.54 Å². The highest BCUT2D eigenvalue weighted by atomic mass is 16.4. The molecule has 0 amide bonds. The minimum absolute atomic E-state index is 0.268. The molecule has 3 N–H and O–H groups in total. The van der Waals surface area contributed by atoms with E-state index in [4.69, 9.17) is 6.57 Å². The molecule has 2 atom stereocenters. The quantitative estimate of drug-likeness (QED) is 0.672. The van der Waals surface area contributed by atoms with Gasteiger partial charge in [0.2, 0.25) is 0 Å². The summed E-state index contributed by atoms with van der Waals surface area (Å²) in [6.45, 7) is 11.2. The molecule has 156 valence electrons. The Balaban J connectivity index is 1.66. The summed E-state index contributed by atoms with van der Waals surface area (Å²) in [6.07, 6.45) is 4.76.